The smallest absolute Gasteiger partial charge is 0.235 e. The van der Waals surface area contributed by atoms with E-state index in [0.717, 1.165) is 37.5 Å². The van der Waals surface area contributed by atoms with Gasteiger partial charge in [-0.05, 0) is 37.1 Å². The van der Waals surface area contributed by atoms with Crippen LogP contribution in [0.5, 0.6) is 11.5 Å². The molecule has 1 aliphatic heterocycles. The maximum absolute atomic E-state index is 13.7. The quantitative estimate of drug-likeness (QED) is 0.240. The molecule has 2 aromatic carbocycles. The van der Waals surface area contributed by atoms with Gasteiger partial charge in [-0.25, -0.2) is 18.4 Å². The SMILES string of the molecule is C=CS(=O)(=O)N1CCCCCCC(Nc2ncnc3[nH]cc(C(=O)c4ccc(Oc5ccccc5)cc4Cl)c23)C1. The molecule has 0 saturated carbocycles. The molecule has 9 nitrogen and oxygen atoms in total. The number of fused-ring (bicyclic) bond motifs is 1. The predicted octanol–water partition coefficient (Wildman–Crippen LogP) is 6.15. The second-order valence-electron chi connectivity index (χ2n) is 9.65. The van der Waals surface area contributed by atoms with Crippen molar-refractivity contribution in [2.24, 2.45) is 0 Å². The Morgan fingerprint density at radius 1 is 1.07 bits per heavy atom. The molecule has 4 aromatic rings. The number of ether oxygens (including phenoxy) is 1. The van der Waals surface area contributed by atoms with Gasteiger partial charge in [0.15, 0.2) is 5.78 Å². The van der Waals surface area contributed by atoms with Gasteiger partial charge in [-0.3, -0.25) is 4.79 Å². The fourth-order valence-electron chi connectivity index (χ4n) is 4.87. The standard InChI is InChI=1S/C29H30ClN5O4S/c1-2-40(37,38)35-15-9-4-3-6-10-20(18-35)34-29-26-24(17-31-28(26)32-19-33-29)27(36)23-14-13-22(16-25(23)30)39-21-11-7-5-8-12-21/h2,5,7-8,11-14,16-17,19-20H,1,3-4,6,9-10,15,18H2,(H2,31,32,33,34). The zero-order valence-electron chi connectivity index (χ0n) is 21.8. The third-order valence-corrected chi connectivity index (χ3v) is 8.71. The first-order valence-electron chi connectivity index (χ1n) is 13.1. The van der Waals surface area contributed by atoms with Crippen LogP contribution in [0, 0.1) is 0 Å². The number of nitrogens with zero attached hydrogens (tertiary/aromatic N) is 3. The van der Waals surface area contributed by atoms with Crippen LogP contribution in [0.4, 0.5) is 5.82 Å². The molecular weight excluding hydrogens is 550 g/mol. The third kappa shape index (κ3) is 6.19. The van der Waals surface area contributed by atoms with Crippen LogP contribution in [0.25, 0.3) is 11.0 Å². The number of H-pyrrole nitrogens is 1. The van der Waals surface area contributed by atoms with Gasteiger partial charge in [0.25, 0.3) is 0 Å². The summed E-state index contributed by atoms with van der Waals surface area (Å²) in [5.74, 6) is 1.32. The summed E-state index contributed by atoms with van der Waals surface area (Å²) in [6.07, 6.45) is 7.46. The Bertz CT molecular complexity index is 1620. The van der Waals surface area contributed by atoms with Crippen LogP contribution in [0.3, 0.4) is 0 Å². The largest absolute Gasteiger partial charge is 0.457 e. The second kappa shape index (κ2) is 12.2. The summed E-state index contributed by atoms with van der Waals surface area (Å²) in [5.41, 5.74) is 1.15. The number of ketones is 1. The molecule has 2 N–H and O–H groups in total. The van der Waals surface area contributed by atoms with Gasteiger partial charge in [-0.1, -0.05) is 55.6 Å². The van der Waals surface area contributed by atoms with Gasteiger partial charge in [0.1, 0.15) is 29.3 Å². The molecule has 0 amide bonds. The van der Waals surface area contributed by atoms with E-state index in [1.807, 2.05) is 30.3 Å². The number of benzene rings is 2. The Labute approximate surface area is 238 Å². The summed E-state index contributed by atoms with van der Waals surface area (Å²) in [6.45, 7) is 4.19. The van der Waals surface area contributed by atoms with Crippen LogP contribution in [-0.2, 0) is 10.0 Å². The minimum atomic E-state index is -3.58. The molecule has 3 heterocycles. The molecule has 1 unspecified atom stereocenters. The maximum atomic E-state index is 13.7. The molecule has 0 aliphatic carbocycles. The number of halogens is 1. The topological polar surface area (TPSA) is 117 Å². The lowest BCUT2D eigenvalue weighted by Gasteiger charge is -2.26. The van der Waals surface area contributed by atoms with Crippen molar-refractivity contribution in [2.45, 2.75) is 38.1 Å². The van der Waals surface area contributed by atoms with Crippen LogP contribution in [0.1, 0.15) is 48.0 Å². The zero-order valence-corrected chi connectivity index (χ0v) is 23.4. The van der Waals surface area contributed by atoms with E-state index < -0.39 is 10.0 Å². The monoisotopic (exact) mass is 579 g/mol. The molecule has 40 heavy (non-hydrogen) atoms. The second-order valence-corrected chi connectivity index (χ2v) is 11.9. The van der Waals surface area contributed by atoms with Gasteiger partial charge in [0.2, 0.25) is 10.0 Å². The van der Waals surface area contributed by atoms with Crippen LogP contribution in [0.2, 0.25) is 5.02 Å². The average molecular weight is 580 g/mol. The van der Waals surface area contributed by atoms with Crippen LogP contribution in [-0.4, -0.2) is 52.6 Å². The molecule has 0 radical (unpaired) electrons. The van der Waals surface area contributed by atoms with E-state index in [4.69, 9.17) is 16.3 Å². The number of nitrogens with one attached hydrogen (secondary N) is 2. The summed E-state index contributed by atoms with van der Waals surface area (Å²) >= 11 is 6.55. The van der Waals surface area contributed by atoms with Gasteiger partial charge in [0.05, 0.1) is 16.0 Å². The van der Waals surface area contributed by atoms with Gasteiger partial charge in [-0.15, -0.1) is 0 Å². The molecule has 0 bridgehead atoms. The fourth-order valence-corrected chi connectivity index (χ4v) is 6.11. The van der Waals surface area contributed by atoms with Crippen molar-refractivity contribution in [3.63, 3.8) is 0 Å². The Morgan fingerprint density at radius 3 is 2.65 bits per heavy atom. The molecule has 1 fully saturated rings. The van der Waals surface area contributed by atoms with Gasteiger partial charge in [0, 0.05) is 42.4 Å². The summed E-state index contributed by atoms with van der Waals surface area (Å²) in [5, 5.41) is 5.18. The molecular formula is C29H30ClN5O4S. The predicted molar refractivity (Wildman–Crippen MR) is 156 cm³/mol. The normalized spacial score (nSPS) is 17.0. The minimum Gasteiger partial charge on any atom is -0.457 e. The van der Waals surface area contributed by atoms with E-state index in [1.165, 1.54) is 10.6 Å². The Morgan fingerprint density at radius 2 is 1.88 bits per heavy atom. The van der Waals surface area contributed by atoms with Crippen molar-refractivity contribution >= 4 is 44.3 Å². The number of rotatable bonds is 8. The summed E-state index contributed by atoms with van der Waals surface area (Å²) in [6, 6.07) is 14.0. The zero-order chi connectivity index (χ0) is 28.1. The first kappa shape index (κ1) is 27.8. The summed E-state index contributed by atoms with van der Waals surface area (Å²) in [7, 11) is -3.58. The molecule has 2 aromatic heterocycles. The van der Waals surface area contributed by atoms with Crippen molar-refractivity contribution in [1.82, 2.24) is 19.3 Å². The molecule has 1 aliphatic rings. The highest BCUT2D eigenvalue weighted by Crippen LogP contribution is 2.32. The van der Waals surface area contributed by atoms with Gasteiger partial charge < -0.3 is 15.0 Å². The molecule has 1 atom stereocenters. The maximum Gasteiger partial charge on any atom is 0.235 e. The molecule has 11 heteroatoms. The minimum absolute atomic E-state index is 0.221. The molecule has 208 valence electrons. The van der Waals surface area contributed by atoms with Gasteiger partial charge >= 0.3 is 0 Å². The average Bonchev–Trinajstić information content (AvgIpc) is 3.43. The van der Waals surface area contributed by atoms with Crippen molar-refractivity contribution in [3.8, 4) is 11.5 Å². The Balaban J connectivity index is 1.43. The number of hydrogen-bond acceptors (Lipinski definition) is 7. The van der Waals surface area contributed by atoms with Crippen LogP contribution >= 0.6 is 11.6 Å². The van der Waals surface area contributed by atoms with E-state index in [9.17, 15) is 13.2 Å². The summed E-state index contributed by atoms with van der Waals surface area (Å²) < 4.78 is 32.6. The van der Waals surface area contributed by atoms with Crippen molar-refractivity contribution in [2.75, 3.05) is 18.4 Å². The molecule has 0 spiro atoms. The van der Waals surface area contributed by atoms with Crippen molar-refractivity contribution in [1.29, 1.82) is 0 Å². The number of carbonyl (C=O) groups is 1. The number of sulfonamides is 1. The van der Waals surface area contributed by atoms with Crippen LogP contribution < -0.4 is 10.1 Å². The Kier molecular flexibility index (Phi) is 8.49. The fraction of sp³-hybridized carbons (Fsp3) is 0.276. The number of hydrogen-bond donors (Lipinski definition) is 2. The van der Waals surface area contributed by atoms with Crippen LogP contribution in [0.15, 0.2) is 73.0 Å². The lowest BCUT2D eigenvalue weighted by molar-refractivity contribution is 0.104. The molecule has 1 saturated heterocycles. The molecule has 5 rings (SSSR count). The summed E-state index contributed by atoms with van der Waals surface area (Å²) in [4.78, 5) is 25.5. The Hall–Kier alpha value is -3.73. The lowest BCUT2D eigenvalue weighted by Crippen LogP contribution is -2.40. The number of aromatic nitrogens is 3. The number of anilines is 1. The third-order valence-electron chi connectivity index (χ3n) is 6.92. The first-order valence-corrected chi connectivity index (χ1v) is 15.0. The van der Waals surface area contributed by atoms with Gasteiger partial charge in [-0.2, -0.15) is 4.31 Å². The van der Waals surface area contributed by atoms with E-state index >= 15 is 0 Å². The van der Waals surface area contributed by atoms with Crippen molar-refractivity contribution < 1.29 is 17.9 Å². The first-order chi connectivity index (χ1) is 19.4. The highest BCUT2D eigenvalue weighted by Gasteiger charge is 2.26. The van der Waals surface area contributed by atoms with Crippen molar-refractivity contribution in [3.05, 3.63) is 89.2 Å². The number of carbonyl (C=O) groups excluding carboxylic acids is 1. The van der Waals surface area contributed by atoms with E-state index in [-0.39, 0.29) is 23.4 Å². The number of para-hydroxylation sites is 1. The van der Waals surface area contributed by atoms with E-state index in [1.54, 1.807) is 24.4 Å². The van der Waals surface area contributed by atoms with E-state index in [0.29, 0.717) is 46.0 Å². The van der Waals surface area contributed by atoms with E-state index in [2.05, 4.69) is 26.8 Å². The highest BCUT2D eigenvalue weighted by molar-refractivity contribution is 7.92. The highest BCUT2D eigenvalue weighted by atomic mass is 35.5. The number of aromatic amines is 1. The lowest BCUT2D eigenvalue weighted by atomic mass is 10.0.